The predicted molar refractivity (Wildman–Crippen MR) is 117 cm³/mol. The molecular formula is C20H24N6O8. The maximum atomic E-state index is 12.1. The van der Waals surface area contributed by atoms with Gasteiger partial charge in [-0.25, -0.2) is 4.79 Å². The average Bonchev–Trinajstić information content (AvgIpc) is 3.22. The number of aliphatic hydroxyl groups is 1. The van der Waals surface area contributed by atoms with Gasteiger partial charge in [0.1, 0.15) is 19.1 Å². The number of rotatable bonds is 10. The molecule has 1 aromatic carbocycles. The summed E-state index contributed by atoms with van der Waals surface area (Å²) in [7, 11) is 0. The second kappa shape index (κ2) is 11.0. The lowest BCUT2D eigenvalue weighted by Crippen LogP contribution is -2.33. The zero-order valence-corrected chi connectivity index (χ0v) is 18.5. The Morgan fingerprint density at radius 1 is 1.47 bits per heavy atom. The molecule has 0 bridgehead atoms. The zero-order valence-electron chi connectivity index (χ0n) is 18.5. The van der Waals surface area contributed by atoms with Crippen molar-refractivity contribution in [3.63, 3.8) is 0 Å². The minimum atomic E-state index is -0.763. The van der Waals surface area contributed by atoms with Gasteiger partial charge in [0.15, 0.2) is 0 Å². The van der Waals surface area contributed by atoms with Crippen LogP contribution in [-0.2, 0) is 20.8 Å². The number of azide groups is 1. The zero-order chi connectivity index (χ0) is 24.8. The predicted octanol–water partition coefficient (Wildman–Crippen LogP) is 1.96. The fraction of sp³-hybridized carbons (Fsp3) is 0.500. The second-order valence-electron chi connectivity index (χ2n) is 7.70. The Bertz CT molecular complexity index is 1200. The molecule has 1 fully saturated rings. The number of aryl methyl sites for hydroxylation is 1. The van der Waals surface area contributed by atoms with Crippen LogP contribution in [0.4, 0.5) is 5.69 Å². The molecule has 0 saturated carbocycles. The third-order valence-corrected chi connectivity index (χ3v) is 5.46. The molecule has 1 aliphatic heterocycles. The third kappa shape index (κ3) is 5.68. The lowest BCUT2D eigenvalue weighted by molar-refractivity contribution is -0.386. The molecule has 2 N–H and O–H groups in total. The summed E-state index contributed by atoms with van der Waals surface area (Å²) in [5.41, 5.74) is 8.40. The van der Waals surface area contributed by atoms with Crippen LogP contribution in [0.25, 0.3) is 10.4 Å². The lowest BCUT2D eigenvalue weighted by Gasteiger charge is -2.19. The number of nitrogens with one attached hydrogen (secondary N) is 1. The van der Waals surface area contributed by atoms with Crippen LogP contribution in [0.1, 0.15) is 42.4 Å². The van der Waals surface area contributed by atoms with Crippen LogP contribution in [0.5, 0.6) is 0 Å². The van der Waals surface area contributed by atoms with Gasteiger partial charge in [-0.05, 0) is 31.0 Å². The fourth-order valence-corrected chi connectivity index (χ4v) is 3.64. The number of aromatic amines is 1. The first-order valence-electron chi connectivity index (χ1n) is 10.3. The molecule has 1 unspecified atom stereocenters. The highest BCUT2D eigenvalue weighted by Gasteiger charge is 2.37. The Morgan fingerprint density at radius 3 is 2.91 bits per heavy atom. The molecule has 0 aliphatic carbocycles. The van der Waals surface area contributed by atoms with Crippen molar-refractivity contribution >= 4 is 5.69 Å². The van der Waals surface area contributed by atoms with Gasteiger partial charge in [-0.3, -0.25) is 24.5 Å². The highest BCUT2D eigenvalue weighted by atomic mass is 16.7. The topological polar surface area (TPSA) is 195 Å². The SMILES string of the molecule is Cc1cn([C@H]2C[C@H](OCOC(C)c3cc(CN=[N+]=[N-])ccc3[N+](=O)[O-])[C@@H](CO)O2)c(=O)[nH]c1=O. The minimum Gasteiger partial charge on any atom is -0.394 e. The molecule has 1 aromatic heterocycles. The Morgan fingerprint density at radius 2 is 2.24 bits per heavy atom. The summed E-state index contributed by atoms with van der Waals surface area (Å²) in [4.78, 5) is 39.5. The summed E-state index contributed by atoms with van der Waals surface area (Å²) in [5, 5.41) is 24.5. The van der Waals surface area contributed by atoms with Crippen LogP contribution in [0, 0.1) is 17.0 Å². The largest absolute Gasteiger partial charge is 0.394 e. The van der Waals surface area contributed by atoms with E-state index in [4.69, 9.17) is 19.7 Å². The number of aromatic nitrogens is 2. The number of nitro groups is 1. The van der Waals surface area contributed by atoms with Gasteiger partial charge < -0.3 is 19.3 Å². The number of hydrogen-bond acceptors (Lipinski definition) is 9. The van der Waals surface area contributed by atoms with Gasteiger partial charge in [0.25, 0.3) is 11.2 Å². The Kier molecular flexibility index (Phi) is 8.15. The second-order valence-corrected chi connectivity index (χ2v) is 7.70. The van der Waals surface area contributed by atoms with E-state index in [1.165, 1.54) is 29.0 Å². The monoisotopic (exact) mass is 476 g/mol. The van der Waals surface area contributed by atoms with E-state index in [2.05, 4.69) is 15.0 Å². The van der Waals surface area contributed by atoms with Crippen LogP contribution >= 0.6 is 0 Å². The summed E-state index contributed by atoms with van der Waals surface area (Å²) < 4.78 is 18.3. The Hall–Kier alpha value is -3.55. The standard InChI is InChI=1S/C20H24N6O8/c1-11-8-25(20(29)23-19(11)28)18-6-16(17(9-27)34-18)33-10-32-12(2)14-5-13(7-22-24-21)3-4-15(14)26(30)31/h3-5,8,12,16-18,27H,6-7,9-10H2,1-2H3,(H,23,28,29)/t12?,16-,17+,18+/m0/s1. The van der Waals surface area contributed by atoms with E-state index in [1.807, 2.05) is 0 Å². The van der Waals surface area contributed by atoms with Gasteiger partial charge in [0.2, 0.25) is 0 Å². The van der Waals surface area contributed by atoms with Crippen LogP contribution in [-0.4, -0.2) is 45.2 Å². The molecule has 182 valence electrons. The lowest BCUT2D eigenvalue weighted by atomic mass is 10.0. The first kappa shape index (κ1) is 25.1. The van der Waals surface area contributed by atoms with E-state index in [0.29, 0.717) is 11.1 Å². The van der Waals surface area contributed by atoms with Crippen molar-refractivity contribution in [2.75, 3.05) is 13.4 Å². The van der Waals surface area contributed by atoms with Crippen molar-refractivity contribution in [1.29, 1.82) is 0 Å². The summed E-state index contributed by atoms with van der Waals surface area (Å²) in [6.07, 6.45) is -1.29. The van der Waals surface area contributed by atoms with E-state index in [1.54, 1.807) is 13.8 Å². The minimum absolute atomic E-state index is 0.0350. The molecule has 2 aromatic rings. The van der Waals surface area contributed by atoms with Crippen LogP contribution in [0.3, 0.4) is 0 Å². The summed E-state index contributed by atoms with van der Waals surface area (Å²) in [6, 6.07) is 4.36. The molecule has 0 radical (unpaired) electrons. The smallest absolute Gasteiger partial charge is 0.330 e. The number of H-pyrrole nitrogens is 1. The van der Waals surface area contributed by atoms with Crippen molar-refractivity contribution in [3.05, 3.63) is 82.5 Å². The van der Waals surface area contributed by atoms with Crippen LogP contribution in [0.15, 0.2) is 39.1 Å². The van der Waals surface area contributed by atoms with Crippen LogP contribution < -0.4 is 11.2 Å². The molecule has 14 nitrogen and oxygen atoms in total. The van der Waals surface area contributed by atoms with Crippen molar-refractivity contribution in [1.82, 2.24) is 9.55 Å². The summed E-state index contributed by atoms with van der Waals surface area (Å²) >= 11 is 0. The van der Waals surface area contributed by atoms with Crippen molar-refractivity contribution in [2.45, 2.75) is 51.4 Å². The first-order valence-corrected chi connectivity index (χ1v) is 10.3. The van der Waals surface area contributed by atoms with Gasteiger partial charge >= 0.3 is 5.69 Å². The highest BCUT2D eigenvalue weighted by Crippen LogP contribution is 2.31. The highest BCUT2D eigenvalue weighted by molar-refractivity contribution is 5.44. The van der Waals surface area contributed by atoms with Gasteiger partial charge in [0, 0.05) is 29.2 Å². The molecular weight excluding hydrogens is 452 g/mol. The van der Waals surface area contributed by atoms with Gasteiger partial charge in [0.05, 0.1) is 35.8 Å². The van der Waals surface area contributed by atoms with Gasteiger partial charge in [-0.2, -0.15) is 0 Å². The maximum absolute atomic E-state index is 12.1. The number of nitrogens with zero attached hydrogens (tertiary/aromatic N) is 5. The van der Waals surface area contributed by atoms with Gasteiger partial charge in [-0.15, -0.1) is 0 Å². The van der Waals surface area contributed by atoms with Crippen molar-refractivity contribution < 1.29 is 24.2 Å². The maximum Gasteiger partial charge on any atom is 0.330 e. The molecule has 3 rings (SSSR count). The van der Waals surface area contributed by atoms with E-state index < -0.39 is 40.7 Å². The van der Waals surface area contributed by atoms with Crippen LogP contribution in [0.2, 0.25) is 0 Å². The molecule has 1 aliphatic rings. The normalized spacial score (nSPS) is 20.6. The quantitative estimate of drug-likeness (QED) is 0.130. The first-order chi connectivity index (χ1) is 16.2. The number of aliphatic hydroxyl groups excluding tert-OH is 1. The van der Waals surface area contributed by atoms with Gasteiger partial charge in [-0.1, -0.05) is 11.2 Å². The molecule has 4 atom stereocenters. The van der Waals surface area contributed by atoms with E-state index in [-0.39, 0.29) is 37.6 Å². The molecule has 34 heavy (non-hydrogen) atoms. The Labute approximate surface area is 192 Å². The van der Waals surface area contributed by atoms with Crippen molar-refractivity contribution in [2.24, 2.45) is 5.11 Å². The summed E-state index contributed by atoms with van der Waals surface area (Å²) in [6.45, 7) is 2.56. The average molecular weight is 476 g/mol. The molecule has 0 amide bonds. The number of ether oxygens (including phenoxy) is 3. The Balaban J connectivity index is 1.67. The summed E-state index contributed by atoms with van der Waals surface area (Å²) in [5.74, 6) is 0. The third-order valence-electron chi connectivity index (χ3n) is 5.46. The van der Waals surface area contributed by atoms with E-state index in [0.717, 1.165) is 0 Å². The number of benzene rings is 1. The molecule has 0 spiro atoms. The van der Waals surface area contributed by atoms with E-state index in [9.17, 15) is 24.8 Å². The molecule has 1 saturated heterocycles. The van der Waals surface area contributed by atoms with E-state index >= 15 is 0 Å². The molecule has 2 heterocycles. The van der Waals surface area contributed by atoms with Crippen molar-refractivity contribution in [3.8, 4) is 0 Å². The number of nitro benzene ring substituents is 1. The fourth-order valence-electron chi connectivity index (χ4n) is 3.64. The number of hydrogen-bond donors (Lipinski definition) is 2. The molecule has 14 heteroatoms.